The molecule has 0 saturated heterocycles. The first-order valence-electron chi connectivity index (χ1n) is 4.98. The summed E-state index contributed by atoms with van der Waals surface area (Å²) in [6.07, 6.45) is 0. The Hall–Kier alpha value is -1.10. The second-order valence-electron chi connectivity index (χ2n) is 3.46. The largest absolute Gasteiger partial charge is 0.380 e. The molecule has 0 aliphatic heterocycles. The van der Waals surface area contributed by atoms with Gasteiger partial charge in [0.2, 0.25) is 0 Å². The Morgan fingerprint density at radius 2 is 1.88 bits per heavy atom. The highest BCUT2D eigenvalue weighted by Gasteiger charge is 1.98. The molecule has 2 aromatic carbocycles. The van der Waals surface area contributed by atoms with Crippen molar-refractivity contribution in [3.63, 3.8) is 0 Å². The highest BCUT2D eigenvalue weighted by Crippen LogP contribution is 2.17. The molecule has 2 rings (SSSR count). The van der Waals surface area contributed by atoms with Gasteiger partial charge in [-0.05, 0) is 52.4 Å². The SMILES string of the molecule is Fc1cccc(CNc2ccccc2I)c1. The van der Waals surface area contributed by atoms with Crippen LogP contribution in [0.4, 0.5) is 10.1 Å². The molecule has 0 fully saturated rings. The Labute approximate surface area is 108 Å². The van der Waals surface area contributed by atoms with Gasteiger partial charge in [-0.2, -0.15) is 0 Å². The van der Waals surface area contributed by atoms with Crippen molar-refractivity contribution in [2.45, 2.75) is 6.54 Å². The van der Waals surface area contributed by atoms with E-state index in [1.165, 1.54) is 6.07 Å². The number of halogens is 2. The molecule has 0 heterocycles. The summed E-state index contributed by atoms with van der Waals surface area (Å²) < 4.78 is 14.1. The van der Waals surface area contributed by atoms with Crippen molar-refractivity contribution >= 4 is 28.3 Å². The fourth-order valence-electron chi connectivity index (χ4n) is 1.45. The smallest absolute Gasteiger partial charge is 0.123 e. The van der Waals surface area contributed by atoms with Crippen LogP contribution in [0.3, 0.4) is 0 Å². The van der Waals surface area contributed by atoms with E-state index < -0.39 is 0 Å². The van der Waals surface area contributed by atoms with E-state index in [2.05, 4.69) is 27.9 Å². The molecule has 1 nitrogen and oxygen atoms in total. The van der Waals surface area contributed by atoms with Crippen LogP contribution >= 0.6 is 22.6 Å². The number of benzene rings is 2. The number of para-hydroxylation sites is 1. The third-order valence-corrected chi connectivity index (χ3v) is 3.19. The predicted octanol–water partition coefficient (Wildman–Crippen LogP) is 4.04. The molecule has 2 aromatic rings. The molecule has 1 N–H and O–H groups in total. The van der Waals surface area contributed by atoms with E-state index in [0.717, 1.165) is 14.8 Å². The monoisotopic (exact) mass is 327 g/mol. The van der Waals surface area contributed by atoms with Crippen molar-refractivity contribution in [3.8, 4) is 0 Å². The van der Waals surface area contributed by atoms with Gasteiger partial charge in [-0.3, -0.25) is 0 Å². The maximum absolute atomic E-state index is 12.9. The minimum Gasteiger partial charge on any atom is -0.380 e. The van der Waals surface area contributed by atoms with Crippen LogP contribution in [0.2, 0.25) is 0 Å². The van der Waals surface area contributed by atoms with E-state index in [9.17, 15) is 4.39 Å². The Morgan fingerprint density at radius 3 is 2.62 bits per heavy atom. The lowest BCUT2D eigenvalue weighted by Gasteiger charge is -2.08. The molecule has 0 saturated carbocycles. The van der Waals surface area contributed by atoms with Gasteiger partial charge in [0, 0.05) is 15.8 Å². The molecule has 16 heavy (non-hydrogen) atoms. The first kappa shape index (κ1) is 11.4. The van der Waals surface area contributed by atoms with Gasteiger partial charge in [0.25, 0.3) is 0 Å². The highest BCUT2D eigenvalue weighted by atomic mass is 127. The normalized spacial score (nSPS) is 10.1. The van der Waals surface area contributed by atoms with Crippen LogP contribution in [-0.4, -0.2) is 0 Å². The maximum atomic E-state index is 12.9. The van der Waals surface area contributed by atoms with E-state index in [-0.39, 0.29) is 5.82 Å². The molecule has 82 valence electrons. The molecule has 0 atom stereocenters. The summed E-state index contributed by atoms with van der Waals surface area (Å²) in [4.78, 5) is 0. The Balaban J connectivity index is 2.05. The molecule has 0 aromatic heterocycles. The molecule has 0 bridgehead atoms. The van der Waals surface area contributed by atoms with Crippen molar-refractivity contribution in [1.82, 2.24) is 0 Å². The molecule has 0 aliphatic carbocycles. The molecule has 0 aliphatic rings. The predicted molar refractivity (Wildman–Crippen MR) is 72.9 cm³/mol. The fourth-order valence-corrected chi connectivity index (χ4v) is 2.03. The number of hydrogen-bond acceptors (Lipinski definition) is 1. The number of hydrogen-bond donors (Lipinski definition) is 1. The lowest BCUT2D eigenvalue weighted by atomic mass is 10.2. The lowest BCUT2D eigenvalue weighted by Crippen LogP contribution is -2.00. The average Bonchev–Trinajstić information content (AvgIpc) is 2.28. The van der Waals surface area contributed by atoms with Crippen LogP contribution in [0.5, 0.6) is 0 Å². The number of anilines is 1. The fraction of sp³-hybridized carbons (Fsp3) is 0.0769. The van der Waals surface area contributed by atoms with Crippen LogP contribution in [0, 0.1) is 9.39 Å². The van der Waals surface area contributed by atoms with Gasteiger partial charge in [-0.15, -0.1) is 0 Å². The van der Waals surface area contributed by atoms with Gasteiger partial charge in [0.15, 0.2) is 0 Å². The third-order valence-electron chi connectivity index (χ3n) is 2.25. The number of rotatable bonds is 3. The van der Waals surface area contributed by atoms with Crippen LogP contribution in [0.1, 0.15) is 5.56 Å². The molecular weight excluding hydrogens is 316 g/mol. The summed E-state index contributed by atoms with van der Waals surface area (Å²) in [5, 5.41) is 3.28. The van der Waals surface area contributed by atoms with Crippen molar-refractivity contribution in [2.75, 3.05) is 5.32 Å². The lowest BCUT2D eigenvalue weighted by molar-refractivity contribution is 0.626. The Kier molecular flexibility index (Phi) is 3.77. The molecule has 0 unspecified atom stereocenters. The average molecular weight is 327 g/mol. The van der Waals surface area contributed by atoms with E-state index in [0.29, 0.717) is 6.54 Å². The van der Waals surface area contributed by atoms with Crippen molar-refractivity contribution < 1.29 is 4.39 Å². The summed E-state index contributed by atoms with van der Waals surface area (Å²) in [5.74, 6) is -0.193. The Bertz CT molecular complexity index is 485. The summed E-state index contributed by atoms with van der Waals surface area (Å²) >= 11 is 2.27. The minimum atomic E-state index is -0.193. The zero-order valence-corrected chi connectivity index (χ0v) is 10.7. The molecule has 0 spiro atoms. The quantitative estimate of drug-likeness (QED) is 0.839. The highest BCUT2D eigenvalue weighted by molar-refractivity contribution is 14.1. The van der Waals surface area contributed by atoms with Gasteiger partial charge in [0.1, 0.15) is 5.82 Å². The molecule has 0 radical (unpaired) electrons. The van der Waals surface area contributed by atoms with E-state index in [1.54, 1.807) is 12.1 Å². The summed E-state index contributed by atoms with van der Waals surface area (Å²) in [7, 11) is 0. The van der Waals surface area contributed by atoms with Crippen LogP contribution in [0.25, 0.3) is 0 Å². The van der Waals surface area contributed by atoms with Crippen LogP contribution in [0.15, 0.2) is 48.5 Å². The first-order chi connectivity index (χ1) is 7.75. The van der Waals surface area contributed by atoms with Gasteiger partial charge < -0.3 is 5.32 Å². The summed E-state index contributed by atoms with van der Waals surface area (Å²) in [5.41, 5.74) is 2.02. The zero-order valence-electron chi connectivity index (χ0n) is 8.58. The third kappa shape index (κ3) is 2.95. The van der Waals surface area contributed by atoms with E-state index in [4.69, 9.17) is 0 Å². The second kappa shape index (κ2) is 5.30. The van der Waals surface area contributed by atoms with Crippen molar-refractivity contribution in [2.24, 2.45) is 0 Å². The first-order valence-corrected chi connectivity index (χ1v) is 6.06. The topological polar surface area (TPSA) is 12.0 Å². The molecule has 0 amide bonds. The van der Waals surface area contributed by atoms with E-state index >= 15 is 0 Å². The minimum absolute atomic E-state index is 0.193. The van der Waals surface area contributed by atoms with Gasteiger partial charge in [0.05, 0.1) is 0 Å². The Morgan fingerprint density at radius 1 is 1.06 bits per heavy atom. The summed E-state index contributed by atoms with van der Waals surface area (Å²) in [6.45, 7) is 0.637. The molecular formula is C13H11FIN. The summed E-state index contributed by atoms with van der Waals surface area (Å²) in [6, 6.07) is 14.7. The van der Waals surface area contributed by atoms with Crippen LogP contribution in [-0.2, 0) is 6.54 Å². The van der Waals surface area contributed by atoms with Gasteiger partial charge in [-0.1, -0.05) is 24.3 Å². The maximum Gasteiger partial charge on any atom is 0.123 e. The van der Waals surface area contributed by atoms with Crippen molar-refractivity contribution in [3.05, 3.63) is 63.5 Å². The standard InChI is InChI=1S/C13H11FIN/c14-11-5-3-4-10(8-11)9-16-13-7-2-1-6-12(13)15/h1-8,16H,9H2. The molecule has 3 heteroatoms. The second-order valence-corrected chi connectivity index (χ2v) is 4.63. The van der Waals surface area contributed by atoms with Crippen LogP contribution < -0.4 is 5.32 Å². The van der Waals surface area contributed by atoms with Gasteiger partial charge in [-0.25, -0.2) is 4.39 Å². The van der Waals surface area contributed by atoms with Crippen molar-refractivity contribution in [1.29, 1.82) is 0 Å². The van der Waals surface area contributed by atoms with Gasteiger partial charge >= 0.3 is 0 Å². The zero-order chi connectivity index (χ0) is 11.4. The number of nitrogens with one attached hydrogen (secondary N) is 1. The van der Waals surface area contributed by atoms with E-state index in [1.807, 2.05) is 30.3 Å².